The smallest absolute Gasteiger partial charge is 0.398 e. The molecular weight excluding hydrogens is 243 g/mol. The highest BCUT2D eigenvalue weighted by atomic mass is 19.4. The van der Waals surface area contributed by atoms with E-state index in [2.05, 4.69) is 5.32 Å². The molecule has 0 radical (unpaired) electrons. The summed E-state index contributed by atoms with van der Waals surface area (Å²) in [6.07, 6.45) is -4.41. The Labute approximate surface area is 104 Å². The van der Waals surface area contributed by atoms with Crippen LogP contribution in [0.3, 0.4) is 0 Å². The molecule has 0 aromatic heterocycles. The Morgan fingerprint density at radius 2 is 2.00 bits per heavy atom. The lowest BCUT2D eigenvalue weighted by molar-refractivity contribution is -0.136. The predicted octanol–water partition coefficient (Wildman–Crippen LogP) is 2.43. The van der Waals surface area contributed by atoms with Crippen LogP contribution in [0.1, 0.15) is 19.4 Å². The standard InChI is InChI=1S/C12H16F3N3/c1-11(2)6-18(7-17-11)8-3-4-10(16)9(5-8)12(13,14)15/h3-5,17H,6-7,16H2,1-2H3. The van der Waals surface area contributed by atoms with Gasteiger partial charge in [0.2, 0.25) is 0 Å². The largest absolute Gasteiger partial charge is 0.418 e. The van der Waals surface area contributed by atoms with E-state index < -0.39 is 11.7 Å². The Bertz CT molecular complexity index is 454. The van der Waals surface area contributed by atoms with E-state index >= 15 is 0 Å². The van der Waals surface area contributed by atoms with E-state index in [1.165, 1.54) is 6.07 Å². The van der Waals surface area contributed by atoms with Gasteiger partial charge in [-0.25, -0.2) is 0 Å². The fraction of sp³-hybridized carbons (Fsp3) is 0.500. The first-order chi connectivity index (χ1) is 8.19. The molecule has 3 nitrogen and oxygen atoms in total. The number of hydrogen-bond acceptors (Lipinski definition) is 3. The number of nitrogens with two attached hydrogens (primary N) is 1. The third kappa shape index (κ3) is 2.53. The van der Waals surface area contributed by atoms with Crippen LogP contribution in [0.15, 0.2) is 18.2 Å². The molecule has 3 N–H and O–H groups in total. The summed E-state index contributed by atoms with van der Waals surface area (Å²) in [5, 5.41) is 3.23. The molecule has 1 heterocycles. The maximum absolute atomic E-state index is 12.8. The SMILES string of the molecule is CC1(C)CN(c2ccc(N)c(C(F)(F)F)c2)CN1. The molecule has 1 fully saturated rings. The molecule has 1 saturated heterocycles. The molecule has 0 aliphatic carbocycles. The Kier molecular flexibility index (Phi) is 2.93. The zero-order valence-electron chi connectivity index (χ0n) is 10.3. The van der Waals surface area contributed by atoms with Crippen LogP contribution in [0, 0.1) is 0 Å². The molecule has 1 aromatic rings. The minimum Gasteiger partial charge on any atom is -0.398 e. The molecule has 100 valence electrons. The van der Waals surface area contributed by atoms with Crippen molar-refractivity contribution < 1.29 is 13.2 Å². The van der Waals surface area contributed by atoms with Gasteiger partial charge in [-0.15, -0.1) is 0 Å². The van der Waals surface area contributed by atoms with E-state index in [4.69, 9.17) is 5.73 Å². The van der Waals surface area contributed by atoms with Crippen LogP contribution >= 0.6 is 0 Å². The normalized spacial score (nSPS) is 19.3. The summed E-state index contributed by atoms with van der Waals surface area (Å²) >= 11 is 0. The lowest BCUT2D eigenvalue weighted by atomic mass is 10.1. The molecule has 6 heteroatoms. The first-order valence-corrected chi connectivity index (χ1v) is 5.66. The second-order valence-corrected chi connectivity index (χ2v) is 5.19. The van der Waals surface area contributed by atoms with Crippen molar-refractivity contribution in [2.24, 2.45) is 0 Å². The number of nitrogens with zero attached hydrogens (tertiary/aromatic N) is 1. The van der Waals surface area contributed by atoms with Gasteiger partial charge in [-0.05, 0) is 32.0 Å². The van der Waals surface area contributed by atoms with Crippen LogP contribution in [0.4, 0.5) is 24.5 Å². The minimum atomic E-state index is -4.41. The third-order valence-electron chi connectivity index (χ3n) is 3.04. The molecule has 0 unspecified atom stereocenters. The molecule has 0 atom stereocenters. The highest BCUT2D eigenvalue weighted by Crippen LogP contribution is 2.36. The second kappa shape index (κ2) is 4.05. The average molecular weight is 259 g/mol. The summed E-state index contributed by atoms with van der Waals surface area (Å²) in [5.41, 5.74) is 4.80. The molecular formula is C12H16F3N3. The maximum atomic E-state index is 12.8. The zero-order chi connectivity index (χ0) is 13.6. The lowest BCUT2D eigenvalue weighted by Crippen LogP contribution is -2.34. The number of nitrogen functional groups attached to an aromatic ring is 1. The van der Waals surface area contributed by atoms with Gasteiger partial charge in [-0.3, -0.25) is 5.32 Å². The summed E-state index contributed by atoms with van der Waals surface area (Å²) in [4.78, 5) is 1.87. The summed E-state index contributed by atoms with van der Waals surface area (Å²) in [6.45, 7) is 5.21. The quantitative estimate of drug-likeness (QED) is 0.761. The Balaban J connectivity index is 2.31. The summed E-state index contributed by atoms with van der Waals surface area (Å²) < 4.78 is 38.3. The molecule has 1 aliphatic rings. The van der Waals surface area contributed by atoms with Gasteiger partial charge in [0, 0.05) is 23.5 Å². The minimum absolute atomic E-state index is 0.0974. The number of rotatable bonds is 1. The maximum Gasteiger partial charge on any atom is 0.418 e. The van der Waals surface area contributed by atoms with E-state index in [-0.39, 0.29) is 11.2 Å². The van der Waals surface area contributed by atoms with Gasteiger partial charge >= 0.3 is 6.18 Å². The zero-order valence-corrected chi connectivity index (χ0v) is 10.3. The van der Waals surface area contributed by atoms with E-state index in [1.807, 2.05) is 18.7 Å². The Morgan fingerprint density at radius 1 is 1.33 bits per heavy atom. The molecule has 0 bridgehead atoms. The molecule has 1 aliphatic heterocycles. The van der Waals surface area contributed by atoms with Crippen molar-refractivity contribution in [1.82, 2.24) is 5.32 Å². The number of nitrogens with one attached hydrogen (secondary N) is 1. The van der Waals surface area contributed by atoms with E-state index in [0.717, 1.165) is 6.07 Å². The Morgan fingerprint density at radius 3 is 2.50 bits per heavy atom. The topological polar surface area (TPSA) is 41.3 Å². The highest BCUT2D eigenvalue weighted by molar-refractivity contribution is 5.60. The lowest BCUT2D eigenvalue weighted by Gasteiger charge is -2.21. The monoisotopic (exact) mass is 259 g/mol. The number of hydrogen-bond donors (Lipinski definition) is 2. The van der Waals surface area contributed by atoms with Gasteiger partial charge in [0.05, 0.1) is 12.2 Å². The summed E-state index contributed by atoms with van der Waals surface area (Å²) in [7, 11) is 0. The van der Waals surface area contributed by atoms with Crippen LogP contribution in [0.2, 0.25) is 0 Å². The number of alkyl halides is 3. The fourth-order valence-electron chi connectivity index (χ4n) is 2.07. The average Bonchev–Trinajstić information content (AvgIpc) is 2.58. The molecule has 18 heavy (non-hydrogen) atoms. The van der Waals surface area contributed by atoms with Gasteiger partial charge in [0.15, 0.2) is 0 Å². The van der Waals surface area contributed by atoms with Gasteiger partial charge in [0.25, 0.3) is 0 Å². The molecule has 0 amide bonds. The van der Waals surface area contributed by atoms with Crippen molar-refractivity contribution in [3.05, 3.63) is 23.8 Å². The van der Waals surface area contributed by atoms with E-state index in [1.54, 1.807) is 6.07 Å². The number of benzene rings is 1. The van der Waals surface area contributed by atoms with Crippen molar-refractivity contribution in [2.45, 2.75) is 25.6 Å². The van der Waals surface area contributed by atoms with Crippen LogP contribution in [-0.2, 0) is 6.18 Å². The number of anilines is 2. The van der Waals surface area contributed by atoms with Crippen molar-refractivity contribution in [2.75, 3.05) is 23.8 Å². The van der Waals surface area contributed by atoms with Gasteiger partial charge in [0.1, 0.15) is 0 Å². The van der Waals surface area contributed by atoms with Crippen LogP contribution < -0.4 is 16.0 Å². The molecule has 0 saturated carbocycles. The summed E-state index contributed by atoms with van der Waals surface area (Å²) in [5.74, 6) is 0. The van der Waals surface area contributed by atoms with Crippen molar-refractivity contribution in [1.29, 1.82) is 0 Å². The third-order valence-corrected chi connectivity index (χ3v) is 3.04. The predicted molar refractivity (Wildman–Crippen MR) is 65.3 cm³/mol. The molecule has 2 rings (SSSR count). The van der Waals surface area contributed by atoms with Crippen molar-refractivity contribution in [3.63, 3.8) is 0 Å². The van der Waals surface area contributed by atoms with E-state index in [9.17, 15) is 13.2 Å². The van der Waals surface area contributed by atoms with Gasteiger partial charge < -0.3 is 10.6 Å². The Hall–Kier alpha value is -1.43. The summed E-state index contributed by atoms with van der Waals surface area (Å²) in [6, 6.07) is 4.04. The van der Waals surface area contributed by atoms with Crippen LogP contribution in [-0.4, -0.2) is 18.8 Å². The van der Waals surface area contributed by atoms with E-state index in [0.29, 0.717) is 18.9 Å². The number of halogens is 3. The van der Waals surface area contributed by atoms with Crippen molar-refractivity contribution >= 4 is 11.4 Å². The second-order valence-electron chi connectivity index (χ2n) is 5.19. The van der Waals surface area contributed by atoms with Crippen LogP contribution in [0.25, 0.3) is 0 Å². The van der Waals surface area contributed by atoms with Crippen molar-refractivity contribution in [3.8, 4) is 0 Å². The van der Waals surface area contributed by atoms with Crippen LogP contribution in [0.5, 0.6) is 0 Å². The first-order valence-electron chi connectivity index (χ1n) is 5.66. The first kappa shape index (κ1) is 13.0. The van der Waals surface area contributed by atoms with Gasteiger partial charge in [-0.2, -0.15) is 13.2 Å². The van der Waals surface area contributed by atoms with Gasteiger partial charge in [-0.1, -0.05) is 0 Å². The molecule has 0 spiro atoms. The highest BCUT2D eigenvalue weighted by Gasteiger charge is 2.35. The molecule has 1 aromatic carbocycles. The fourth-order valence-corrected chi connectivity index (χ4v) is 2.07.